The van der Waals surface area contributed by atoms with E-state index in [-0.39, 0.29) is 6.04 Å². The van der Waals surface area contributed by atoms with Crippen molar-refractivity contribution in [3.8, 4) is 5.75 Å². The summed E-state index contributed by atoms with van der Waals surface area (Å²) in [5.41, 5.74) is 8.45. The van der Waals surface area contributed by atoms with Crippen molar-refractivity contribution >= 4 is 11.8 Å². The van der Waals surface area contributed by atoms with Gasteiger partial charge in [0.25, 0.3) is 0 Å². The second-order valence-corrected chi connectivity index (χ2v) is 5.32. The summed E-state index contributed by atoms with van der Waals surface area (Å²) in [6.07, 6.45) is 1.54. The van der Waals surface area contributed by atoms with Crippen molar-refractivity contribution in [2.75, 3.05) is 12.9 Å². The van der Waals surface area contributed by atoms with Crippen molar-refractivity contribution in [2.45, 2.75) is 18.1 Å². The second-order valence-electron chi connectivity index (χ2n) is 4.33. The summed E-state index contributed by atoms with van der Waals surface area (Å²) in [7, 11) is 3.53. The molecule has 0 aliphatic carbocycles. The molecule has 0 bridgehead atoms. The fraction of sp³-hybridized carbons (Fsp3) is 0.385. The van der Waals surface area contributed by atoms with Gasteiger partial charge < -0.3 is 10.5 Å². The second kappa shape index (κ2) is 6.08. The average Bonchev–Trinajstić information content (AvgIpc) is 2.81. The minimum Gasteiger partial charge on any atom is -0.496 e. The molecule has 2 aromatic rings. The van der Waals surface area contributed by atoms with Crippen LogP contribution in [0.5, 0.6) is 5.75 Å². The molecule has 19 heavy (non-hydrogen) atoms. The quantitative estimate of drug-likeness (QED) is 0.846. The summed E-state index contributed by atoms with van der Waals surface area (Å²) in [6, 6.07) is 5.94. The van der Waals surface area contributed by atoms with Crippen LogP contribution in [0.15, 0.2) is 29.7 Å². The number of nitrogens with two attached hydrogens (primary N) is 1. The highest BCUT2D eigenvalue weighted by atomic mass is 32.2. The van der Waals surface area contributed by atoms with Gasteiger partial charge in [-0.3, -0.25) is 0 Å². The Morgan fingerprint density at radius 3 is 2.89 bits per heavy atom. The van der Waals surface area contributed by atoms with E-state index in [1.807, 2.05) is 26.1 Å². The minimum absolute atomic E-state index is 0.100. The van der Waals surface area contributed by atoms with E-state index in [4.69, 9.17) is 10.5 Å². The number of benzene rings is 1. The summed E-state index contributed by atoms with van der Waals surface area (Å²) < 4.78 is 7.10. The first-order chi connectivity index (χ1) is 9.11. The molecule has 2 N–H and O–H groups in total. The Kier molecular flexibility index (Phi) is 4.44. The van der Waals surface area contributed by atoms with Crippen LogP contribution in [0.2, 0.25) is 0 Å². The summed E-state index contributed by atoms with van der Waals surface area (Å²) in [5, 5.41) is 4.90. The topological polar surface area (TPSA) is 66.0 Å². The fourth-order valence-electron chi connectivity index (χ4n) is 1.81. The highest BCUT2D eigenvalue weighted by molar-refractivity contribution is 7.99. The molecule has 2 rings (SSSR count). The molecule has 0 aliphatic heterocycles. The predicted molar refractivity (Wildman–Crippen MR) is 76.4 cm³/mol. The molecular weight excluding hydrogens is 260 g/mol. The van der Waals surface area contributed by atoms with Gasteiger partial charge in [-0.2, -0.15) is 5.10 Å². The third kappa shape index (κ3) is 3.27. The van der Waals surface area contributed by atoms with E-state index in [1.165, 1.54) is 5.56 Å². The average molecular weight is 278 g/mol. The highest BCUT2D eigenvalue weighted by Crippen LogP contribution is 2.28. The fourth-order valence-corrected chi connectivity index (χ4v) is 2.68. The maximum absolute atomic E-state index is 6.25. The van der Waals surface area contributed by atoms with Gasteiger partial charge in [-0.25, -0.2) is 9.67 Å². The van der Waals surface area contributed by atoms with E-state index >= 15 is 0 Å². The molecule has 1 aromatic heterocycles. The molecule has 5 nitrogen and oxygen atoms in total. The monoisotopic (exact) mass is 278 g/mol. The van der Waals surface area contributed by atoms with E-state index in [0.29, 0.717) is 0 Å². The van der Waals surface area contributed by atoms with Crippen molar-refractivity contribution in [3.63, 3.8) is 0 Å². The van der Waals surface area contributed by atoms with Crippen molar-refractivity contribution in [3.05, 3.63) is 35.7 Å². The Morgan fingerprint density at radius 2 is 2.26 bits per heavy atom. The van der Waals surface area contributed by atoms with Crippen LogP contribution in [0, 0.1) is 6.92 Å². The maximum Gasteiger partial charge on any atom is 0.185 e. The molecule has 6 heteroatoms. The van der Waals surface area contributed by atoms with E-state index < -0.39 is 0 Å². The summed E-state index contributed by atoms with van der Waals surface area (Å²) in [6.45, 7) is 2.05. The number of aromatic nitrogens is 3. The van der Waals surface area contributed by atoms with Crippen molar-refractivity contribution in [1.82, 2.24) is 14.8 Å². The van der Waals surface area contributed by atoms with Crippen molar-refractivity contribution in [2.24, 2.45) is 12.8 Å². The standard InChI is InChI=1S/C13H18N4OS/c1-9-4-5-12(18-3)10(6-9)11(14)7-19-13-15-8-16-17(13)2/h4-6,8,11H,7,14H2,1-3H3. The van der Waals surface area contributed by atoms with E-state index in [2.05, 4.69) is 16.1 Å². The highest BCUT2D eigenvalue weighted by Gasteiger charge is 2.14. The molecule has 0 aliphatic rings. The molecule has 0 saturated heterocycles. The Hall–Kier alpha value is -1.53. The molecule has 1 heterocycles. The zero-order valence-corrected chi connectivity index (χ0v) is 12.1. The number of hydrogen-bond donors (Lipinski definition) is 1. The minimum atomic E-state index is -0.100. The van der Waals surface area contributed by atoms with Crippen molar-refractivity contribution < 1.29 is 4.74 Å². The number of ether oxygens (including phenoxy) is 1. The van der Waals surface area contributed by atoms with Crippen LogP contribution in [-0.4, -0.2) is 27.6 Å². The van der Waals surface area contributed by atoms with Gasteiger partial charge in [0.1, 0.15) is 12.1 Å². The lowest BCUT2D eigenvalue weighted by Crippen LogP contribution is -2.15. The van der Waals surface area contributed by atoms with Gasteiger partial charge in [-0.15, -0.1) is 0 Å². The Balaban J connectivity index is 2.09. The molecule has 1 unspecified atom stereocenters. The maximum atomic E-state index is 6.25. The van der Waals surface area contributed by atoms with Crippen LogP contribution in [0.25, 0.3) is 0 Å². The molecule has 1 aromatic carbocycles. The number of aryl methyl sites for hydroxylation is 2. The van der Waals surface area contributed by atoms with Gasteiger partial charge in [-0.1, -0.05) is 29.5 Å². The SMILES string of the molecule is COc1ccc(C)cc1C(N)CSc1ncnn1C. The zero-order valence-electron chi connectivity index (χ0n) is 11.3. The summed E-state index contributed by atoms with van der Waals surface area (Å²) in [5.74, 6) is 1.56. The van der Waals surface area contributed by atoms with Gasteiger partial charge in [0.15, 0.2) is 5.16 Å². The predicted octanol–water partition coefficient (Wildman–Crippen LogP) is 1.92. The Morgan fingerprint density at radius 1 is 1.47 bits per heavy atom. The lowest BCUT2D eigenvalue weighted by molar-refractivity contribution is 0.407. The largest absolute Gasteiger partial charge is 0.496 e. The molecular formula is C13H18N4OS. The number of nitrogens with zero attached hydrogens (tertiary/aromatic N) is 3. The normalized spacial score (nSPS) is 12.4. The van der Waals surface area contributed by atoms with E-state index in [0.717, 1.165) is 22.2 Å². The van der Waals surface area contributed by atoms with Crippen LogP contribution in [0.4, 0.5) is 0 Å². The molecule has 0 radical (unpaired) electrons. The molecule has 0 fully saturated rings. The lowest BCUT2D eigenvalue weighted by atomic mass is 10.1. The number of thioether (sulfide) groups is 1. The summed E-state index contributed by atoms with van der Waals surface area (Å²) >= 11 is 1.59. The van der Waals surface area contributed by atoms with Gasteiger partial charge in [0.2, 0.25) is 0 Å². The van der Waals surface area contributed by atoms with Gasteiger partial charge in [0, 0.05) is 24.4 Å². The molecule has 102 valence electrons. The van der Waals surface area contributed by atoms with E-state index in [1.54, 1.807) is 29.9 Å². The van der Waals surface area contributed by atoms with Crippen LogP contribution in [0.3, 0.4) is 0 Å². The van der Waals surface area contributed by atoms with Crippen LogP contribution in [-0.2, 0) is 7.05 Å². The first-order valence-corrected chi connectivity index (χ1v) is 6.97. The van der Waals surface area contributed by atoms with Crippen LogP contribution >= 0.6 is 11.8 Å². The molecule has 0 amide bonds. The van der Waals surface area contributed by atoms with Gasteiger partial charge >= 0.3 is 0 Å². The first-order valence-electron chi connectivity index (χ1n) is 5.98. The Labute approximate surface area is 117 Å². The Bertz CT molecular complexity index is 555. The number of rotatable bonds is 5. The van der Waals surface area contributed by atoms with Gasteiger partial charge in [0.05, 0.1) is 7.11 Å². The third-order valence-electron chi connectivity index (χ3n) is 2.85. The molecule has 0 spiro atoms. The van der Waals surface area contributed by atoms with Crippen molar-refractivity contribution in [1.29, 1.82) is 0 Å². The first kappa shape index (κ1) is 13.9. The molecule has 0 saturated carbocycles. The third-order valence-corrected chi connectivity index (χ3v) is 4.00. The summed E-state index contributed by atoms with van der Waals surface area (Å²) in [4.78, 5) is 4.17. The van der Waals surface area contributed by atoms with E-state index in [9.17, 15) is 0 Å². The van der Waals surface area contributed by atoms with Gasteiger partial charge in [-0.05, 0) is 13.0 Å². The smallest absolute Gasteiger partial charge is 0.185 e. The number of methoxy groups -OCH3 is 1. The van der Waals surface area contributed by atoms with Crippen LogP contribution < -0.4 is 10.5 Å². The number of hydrogen-bond acceptors (Lipinski definition) is 5. The zero-order chi connectivity index (χ0) is 13.8. The lowest BCUT2D eigenvalue weighted by Gasteiger charge is -2.15. The molecule has 1 atom stereocenters. The van der Waals surface area contributed by atoms with Crippen LogP contribution in [0.1, 0.15) is 17.2 Å².